The third-order valence-electron chi connectivity index (χ3n) is 2.64. The first-order valence-corrected chi connectivity index (χ1v) is 5.44. The van der Waals surface area contributed by atoms with Crippen molar-refractivity contribution in [1.82, 2.24) is 0 Å². The first kappa shape index (κ1) is 9.78. The van der Waals surface area contributed by atoms with E-state index in [0.29, 0.717) is 11.6 Å². The number of halogens is 2. The van der Waals surface area contributed by atoms with Crippen LogP contribution in [0.3, 0.4) is 0 Å². The average Bonchev–Trinajstić information content (AvgIpc) is 2.70. The molecule has 1 fully saturated rings. The molecule has 0 aliphatic carbocycles. The summed E-state index contributed by atoms with van der Waals surface area (Å²) in [5.74, 6) is 0.230. The molecule has 0 aromatic heterocycles. The standard InChI is InChI=1S/C11H13ClFN/c12-8-9-4-3-5-10(13)11(9)14-6-1-2-7-14/h3-5H,1-2,6-8H2. The van der Waals surface area contributed by atoms with Gasteiger partial charge in [0.2, 0.25) is 0 Å². The summed E-state index contributed by atoms with van der Waals surface area (Å²) >= 11 is 5.79. The Balaban J connectivity index is 2.37. The van der Waals surface area contributed by atoms with Crippen molar-refractivity contribution in [3.63, 3.8) is 0 Å². The highest BCUT2D eigenvalue weighted by atomic mass is 35.5. The second-order valence-corrected chi connectivity index (χ2v) is 3.84. The first-order chi connectivity index (χ1) is 6.83. The lowest BCUT2D eigenvalue weighted by atomic mass is 10.2. The van der Waals surface area contributed by atoms with Crippen LogP contribution in [-0.4, -0.2) is 13.1 Å². The maximum absolute atomic E-state index is 13.6. The molecule has 1 heterocycles. The van der Waals surface area contributed by atoms with E-state index in [-0.39, 0.29) is 5.82 Å². The molecule has 1 aromatic carbocycles. The minimum Gasteiger partial charge on any atom is -0.369 e. The number of anilines is 1. The van der Waals surface area contributed by atoms with Crippen molar-refractivity contribution in [2.45, 2.75) is 18.7 Å². The molecule has 3 heteroatoms. The Morgan fingerprint density at radius 2 is 2.00 bits per heavy atom. The molecule has 0 atom stereocenters. The van der Waals surface area contributed by atoms with Crippen molar-refractivity contribution in [2.75, 3.05) is 18.0 Å². The van der Waals surface area contributed by atoms with E-state index >= 15 is 0 Å². The Morgan fingerprint density at radius 3 is 2.64 bits per heavy atom. The minimum absolute atomic E-state index is 0.148. The average molecular weight is 214 g/mol. The molecule has 14 heavy (non-hydrogen) atoms. The van der Waals surface area contributed by atoms with E-state index in [4.69, 9.17) is 11.6 Å². The van der Waals surface area contributed by atoms with Gasteiger partial charge in [-0.05, 0) is 24.5 Å². The van der Waals surface area contributed by atoms with Crippen LogP contribution in [0.25, 0.3) is 0 Å². The molecule has 0 spiro atoms. The molecular formula is C11H13ClFN. The van der Waals surface area contributed by atoms with Gasteiger partial charge in [-0.25, -0.2) is 4.39 Å². The smallest absolute Gasteiger partial charge is 0.146 e. The van der Waals surface area contributed by atoms with Crippen molar-refractivity contribution in [1.29, 1.82) is 0 Å². The van der Waals surface area contributed by atoms with Gasteiger partial charge >= 0.3 is 0 Å². The second-order valence-electron chi connectivity index (χ2n) is 3.58. The number of nitrogens with zero attached hydrogens (tertiary/aromatic N) is 1. The van der Waals surface area contributed by atoms with E-state index in [1.54, 1.807) is 6.07 Å². The Kier molecular flexibility index (Phi) is 2.92. The van der Waals surface area contributed by atoms with Gasteiger partial charge in [0.1, 0.15) is 5.82 Å². The van der Waals surface area contributed by atoms with E-state index in [2.05, 4.69) is 4.90 Å². The number of hydrogen-bond donors (Lipinski definition) is 0. The van der Waals surface area contributed by atoms with Crippen LogP contribution in [-0.2, 0) is 5.88 Å². The lowest BCUT2D eigenvalue weighted by molar-refractivity contribution is 0.621. The van der Waals surface area contributed by atoms with E-state index in [1.165, 1.54) is 6.07 Å². The summed E-state index contributed by atoms with van der Waals surface area (Å²) in [7, 11) is 0. The van der Waals surface area contributed by atoms with E-state index in [0.717, 1.165) is 31.5 Å². The molecule has 2 rings (SSSR count). The van der Waals surface area contributed by atoms with Crippen LogP contribution in [0.15, 0.2) is 18.2 Å². The van der Waals surface area contributed by atoms with Gasteiger partial charge in [0.25, 0.3) is 0 Å². The Labute approximate surface area is 88.5 Å². The molecule has 1 nitrogen and oxygen atoms in total. The van der Waals surface area contributed by atoms with Gasteiger partial charge < -0.3 is 4.90 Å². The fourth-order valence-electron chi connectivity index (χ4n) is 1.96. The quantitative estimate of drug-likeness (QED) is 0.683. The summed E-state index contributed by atoms with van der Waals surface area (Å²) in [4.78, 5) is 2.09. The zero-order valence-corrected chi connectivity index (χ0v) is 8.73. The van der Waals surface area contributed by atoms with Crippen LogP contribution in [0.5, 0.6) is 0 Å². The summed E-state index contributed by atoms with van der Waals surface area (Å²) < 4.78 is 13.6. The lowest BCUT2D eigenvalue weighted by Crippen LogP contribution is -2.20. The molecule has 76 valence electrons. The van der Waals surface area contributed by atoms with Crippen molar-refractivity contribution < 1.29 is 4.39 Å². The molecule has 0 radical (unpaired) electrons. The fourth-order valence-corrected chi connectivity index (χ4v) is 2.18. The molecule has 0 bridgehead atoms. The van der Waals surface area contributed by atoms with Crippen LogP contribution in [0, 0.1) is 5.82 Å². The molecule has 1 saturated heterocycles. The van der Waals surface area contributed by atoms with Crippen LogP contribution >= 0.6 is 11.6 Å². The normalized spacial score (nSPS) is 16.3. The van der Waals surface area contributed by atoms with Gasteiger partial charge in [-0.1, -0.05) is 12.1 Å². The van der Waals surface area contributed by atoms with Crippen LogP contribution in [0.4, 0.5) is 10.1 Å². The van der Waals surface area contributed by atoms with Crippen molar-refractivity contribution >= 4 is 17.3 Å². The Bertz CT molecular complexity index is 321. The maximum atomic E-state index is 13.6. The Hall–Kier alpha value is -0.760. The highest BCUT2D eigenvalue weighted by Crippen LogP contribution is 2.28. The topological polar surface area (TPSA) is 3.24 Å². The minimum atomic E-state index is -0.148. The molecule has 0 amide bonds. The SMILES string of the molecule is Fc1cccc(CCl)c1N1CCCC1. The van der Waals surface area contributed by atoms with Gasteiger partial charge in [0.05, 0.1) is 5.69 Å². The summed E-state index contributed by atoms with van der Waals surface area (Å²) in [6.07, 6.45) is 2.30. The van der Waals surface area contributed by atoms with Crippen molar-refractivity contribution in [3.8, 4) is 0 Å². The number of benzene rings is 1. The summed E-state index contributed by atoms with van der Waals surface area (Å²) in [5, 5.41) is 0. The summed E-state index contributed by atoms with van der Waals surface area (Å²) in [5.41, 5.74) is 1.61. The molecule has 0 unspecified atom stereocenters. The molecule has 1 aliphatic rings. The number of hydrogen-bond acceptors (Lipinski definition) is 1. The summed E-state index contributed by atoms with van der Waals surface area (Å²) in [6.45, 7) is 1.90. The molecule has 1 aliphatic heterocycles. The molecule has 0 saturated carbocycles. The zero-order chi connectivity index (χ0) is 9.97. The predicted molar refractivity (Wildman–Crippen MR) is 57.4 cm³/mol. The molecular weight excluding hydrogens is 201 g/mol. The van der Waals surface area contributed by atoms with E-state index in [9.17, 15) is 4.39 Å². The fraction of sp³-hybridized carbons (Fsp3) is 0.455. The predicted octanol–water partition coefficient (Wildman–Crippen LogP) is 3.16. The van der Waals surface area contributed by atoms with Gasteiger partial charge in [-0.3, -0.25) is 0 Å². The van der Waals surface area contributed by atoms with Crippen molar-refractivity contribution in [2.24, 2.45) is 0 Å². The monoisotopic (exact) mass is 213 g/mol. The number of alkyl halides is 1. The van der Waals surface area contributed by atoms with Crippen LogP contribution in [0.2, 0.25) is 0 Å². The highest BCUT2D eigenvalue weighted by molar-refractivity contribution is 6.17. The largest absolute Gasteiger partial charge is 0.369 e. The number of para-hydroxylation sites is 1. The third-order valence-corrected chi connectivity index (χ3v) is 2.92. The maximum Gasteiger partial charge on any atom is 0.146 e. The van der Waals surface area contributed by atoms with E-state index < -0.39 is 0 Å². The van der Waals surface area contributed by atoms with Gasteiger partial charge in [-0.2, -0.15) is 0 Å². The van der Waals surface area contributed by atoms with Crippen molar-refractivity contribution in [3.05, 3.63) is 29.6 Å². The number of rotatable bonds is 2. The summed E-state index contributed by atoms with van der Waals surface area (Å²) in [6, 6.07) is 5.11. The first-order valence-electron chi connectivity index (χ1n) is 4.91. The van der Waals surface area contributed by atoms with Gasteiger partial charge in [0, 0.05) is 19.0 Å². The van der Waals surface area contributed by atoms with E-state index in [1.807, 2.05) is 6.07 Å². The van der Waals surface area contributed by atoms with Gasteiger partial charge in [-0.15, -0.1) is 11.6 Å². The molecule has 0 N–H and O–H groups in total. The van der Waals surface area contributed by atoms with Crippen LogP contribution < -0.4 is 4.90 Å². The zero-order valence-electron chi connectivity index (χ0n) is 7.97. The van der Waals surface area contributed by atoms with Crippen LogP contribution in [0.1, 0.15) is 18.4 Å². The second kappa shape index (κ2) is 4.18. The highest BCUT2D eigenvalue weighted by Gasteiger charge is 2.18. The Morgan fingerprint density at radius 1 is 1.29 bits per heavy atom. The molecule has 1 aromatic rings. The third kappa shape index (κ3) is 1.71. The lowest BCUT2D eigenvalue weighted by Gasteiger charge is -2.21. The van der Waals surface area contributed by atoms with Gasteiger partial charge in [0.15, 0.2) is 0 Å².